The summed E-state index contributed by atoms with van der Waals surface area (Å²) in [6.45, 7) is 4.28. The van der Waals surface area contributed by atoms with Gasteiger partial charge in [-0.2, -0.15) is 0 Å². The fraction of sp³-hybridized carbons (Fsp3) is 0.421. The van der Waals surface area contributed by atoms with E-state index in [2.05, 4.69) is 21.3 Å². The van der Waals surface area contributed by atoms with Gasteiger partial charge in [-0.3, -0.25) is 4.79 Å². The van der Waals surface area contributed by atoms with E-state index in [4.69, 9.17) is 4.74 Å². The van der Waals surface area contributed by atoms with Gasteiger partial charge in [0, 0.05) is 42.8 Å². The average molecular weight is 325 g/mol. The van der Waals surface area contributed by atoms with E-state index in [9.17, 15) is 4.79 Å². The van der Waals surface area contributed by atoms with Crippen LogP contribution in [0.1, 0.15) is 46.1 Å². The molecule has 126 valence electrons. The molecule has 5 nitrogen and oxygen atoms in total. The molecule has 5 heteroatoms. The van der Waals surface area contributed by atoms with Crippen LogP contribution in [0.2, 0.25) is 0 Å². The van der Waals surface area contributed by atoms with Gasteiger partial charge < -0.3 is 19.9 Å². The smallest absolute Gasteiger partial charge is 0.257 e. The Morgan fingerprint density at radius 1 is 1.33 bits per heavy atom. The molecule has 1 aromatic heterocycles. The van der Waals surface area contributed by atoms with Crippen LogP contribution in [0.5, 0.6) is 5.75 Å². The van der Waals surface area contributed by atoms with Crippen LogP contribution in [0.25, 0.3) is 0 Å². The summed E-state index contributed by atoms with van der Waals surface area (Å²) in [6, 6.07) is 7.88. The predicted octanol–water partition coefficient (Wildman–Crippen LogP) is 2.95. The zero-order chi connectivity index (χ0) is 16.7. The Labute approximate surface area is 142 Å². The number of rotatable bonds is 3. The zero-order valence-corrected chi connectivity index (χ0v) is 14.2. The van der Waals surface area contributed by atoms with Crippen LogP contribution in [0, 0.1) is 6.92 Å². The third kappa shape index (κ3) is 2.80. The molecule has 1 fully saturated rings. The van der Waals surface area contributed by atoms with E-state index in [-0.39, 0.29) is 5.91 Å². The normalized spacial score (nSPS) is 16.9. The van der Waals surface area contributed by atoms with Crippen LogP contribution in [0.3, 0.4) is 0 Å². The van der Waals surface area contributed by atoms with Gasteiger partial charge in [-0.1, -0.05) is 0 Å². The van der Waals surface area contributed by atoms with Crippen LogP contribution in [-0.4, -0.2) is 23.6 Å². The van der Waals surface area contributed by atoms with E-state index in [0.717, 1.165) is 41.3 Å². The monoisotopic (exact) mass is 325 g/mol. The molecule has 0 saturated heterocycles. The minimum absolute atomic E-state index is 0.0440. The van der Waals surface area contributed by atoms with Crippen molar-refractivity contribution in [3.63, 3.8) is 0 Å². The first-order valence-electron chi connectivity index (χ1n) is 8.57. The van der Waals surface area contributed by atoms with Crippen molar-refractivity contribution < 1.29 is 9.53 Å². The maximum atomic E-state index is 12.7. The summed E-state index contributed by atoms with van der Waals surface area (Å²) in [7, 11) is 2.05. The van der Waals surface area contributed by atoms with E-state index >= 15 is 0 Å². The summed E-state index contributed by atoms with van der Waals surface area (Å²) in [5.41, 5.74) is 4.95. The van der Waals surface area contributed by atoms with Crippen molar-refractivity contribution in [3.05, 3.63) is 46.8 Å². The minimum atomic E-state index is -0.0440. The first-order valence-corrected chi connectivity index (χ1v) is 8.57. The van der Waals surface area contributed by atoms with Crippen molar-refractivity contribution >= 4 is 11.6 Å². The molecule has 1 aliphatic carbocycles. The fourth-order valence-electron chi connectivity index (χ4n) is 3.31. The van der Waals surface area contributed by atoms with Gasteiger partial charge in [-0.15, -0.1) is 0 Å². The van der Waals surface area contributed by atoms with E-state index in [1.165, 1.54) is 18.5 Å². The topological polar surface area (TPSA) is 55.3 Å². The number of anilines is 1. The van der Waals surface area contributed by atoms with Gasteiger partial charge in [0.05, 0.1) is 5.56 Å². The minimum Gasteiger partial charge on any atom is -0.492 e. The Balaban J connectivity index is 1.56. The SMILES string of the molecule is Cc1c(C(=O)Nc2ccc3c(c2)CNCCO3)cc(C2CC2)n1C. The second-order valence-corrected chi connectivity index (χ2v) is 6.70. The molecule has 2 heterocycles. The standard InChI is InChI=1S/C19H23N3O2/c1-12-16(10-17(22(12)2)13-3-4-13)19(23)21-15-5-6-18-14(9-15)11-20-7-8-24-18/h5-6,9-10,13,20H,3-4,7-8,11H2,1-2H3,(H,21,23). The molecular weight excluding hydrogens is 302 g/mol. The second-order valence-electron chi connectivity index (χ2n) is 6.70. The van der Waals surface area contributed by atoms with Crippen molar-refractivity contribution in [1.82, 2.24) is 9.88 Å². The van der Waals surface area contributed by atoms with Crippen LogP contribution >= 0.6 is 0 Å². The van der Waals surface area contributed by atoms with E-state index in [1.54, 1.807) is 0 Å². The van der Waals surface area contributed by atoms with Gasteiger partial charge in [0.1, 0.15) is 12.4 Å². The molecule has 0 spiro atoms. The number of hydrogen-bond acceptors (Lipinski definition) is 3. The Hall–Kier alpha value is -2.27. The summed E-state index contributed by atoms with van der Waals surface area (Å²) in [5, 5.41) is 6.35. The van der Waals surface area contributed by atoms with Crippen molar-refractivity contribution in [1.29, 1.82) is 0 Å². The number of carbonyl (C=O) groups is 1. The molecule has 0 radical (unpaired) electrons. The van der Waals surface area contributed by atoms with Crippen molar-refractivity contribution in [3.8, 4) is 5.75 Å². The lowest BCUT2D eigenvalue weighted by Crippen LogP contribution is -2.16. The molecular formula is C19H23N3O2. The molecule has 1 aliphatic heterocycles. The summed E-state index contributed by atoms with van der Waals surface area (Å²) in [6.07, 6.45) is 2.46. The van der Waals surface area contributed by atoms with Crippen molar-refractivity contribution in [2.45, 2.75) is 32.2 Å². The highest BCUT2D eigenvalue weighted by atomic mass is 16.5. The molecule has 2 N–H and O–H groups in total. The number of nitrogens with one attached hydrogen (secondary N) is 2. The van der Waals surface area contributed by atoms with Crippen molar-refractivity contribution in [2.75, 3.05) is 18.5 Å². The zero-order valence-electron chi connectivity index (χ0n) is 14.2. The molecule has 0 atom stereocenters. The Morgan fingerprint density at radius 2 is 2.17 bits per heavy atom. The Bertz CT molecular complexity index is 790. The van der Waals surface area contributed by atoms with Crippen LogP contribution in [0.15, 0.2) is 24.3 Å². The number of hydrogen-bond donors (Lipinski definition) is 2. The maximum Gasteiger partial charge on any atom is 0.257 e. The number of nitrogens with zero attached hydrogens (tertiary/aromatic N) is 1. The lowest BCUT2D eigenvalue weighted by Gasteiger charge is -2.10. The number of fused-ring (bicyclic) bond motifs is 1. The van der Waals surface area contributed by atoms with Gasteiger partial charge in [-0.05, 0) is 49.9 Å². The number of benzene rings is 1. The average Bonchev–Trinajstić information content (AvgIpc) is 3.38. The van der Waals surface area contributed by atoms with Crippen LogP contribution < -0.4 is 15.4 Å². The molecule has 1 saturated carbocycles. The third-order valence-electron chi connectivity index (χ3n) is 4.98. The molecule has 0 bridgehead atoms. The highest BCUT2D eigenvalue weighted by Gasteiger charge is 2.29. The number of carbonyl (C=O) groups excluding carboxylic acids is 1. The van der Waals surface area contributed by atoms with Gasteiger partial charge in [-0.25, -0.2) is 0 Å². The lowest BCUT2D eigenvalue weighted by atomic mass is 10.1. The van der Waals surface area contributed by atoms with E-state index in [1.807, 2.05) is 32.2 Å². The highest BCUT2D eigenvalue weighted by Crippen LogP contribution is 2.41. The molecule has 24 heavy (non-hydrogen) atoms. The largest absolute Gasteiger partial charge is 0.492 e. The predicted molar refractivity (Wildman–Crippen MR) is 93.7 cm³/mol. The third-order valence-corrected chi connectivity index (χ3v) is 4.98. The first-order chi connectivity index (χ1) is 11.6. The maximum absolute atomic E-state index is 12.7. The van der Waals surface area contributed by atoms with Crippen LogP contribution in [-0.2, 0) is 13.6 Å². The van der Waals surface area contributed by atoms with Crippen molar-refractivity contribution in [2.24, 2.45) is 7.05 Å². The summed E-state index contributed by atoms with van der Waals surface area (Å²) in [5.74, 6) is 1.48. The van der Waals surface area contributed by atoms with Gasteiger partial charge in [0.15, 0.2) is 0 Å². The first kappa shape index (κ1) is 15.3. The van der Waals surface area contributed by atoms with Gasteiger partial charge in [0.2, 0.25) is 0 Å². The fourth-order valence-corrected chi connectivity index (χ4v) is 3.31. The number of aromatic nitrogens is 1. The lowest BCUT2D eigenvalue weighted by molar-refractivity contribution is 0.102. The van der Waals surface area contributed by atoms with E-state index < -0.39 is 0 Å². The summed E-state index contributed by atoms with van der Waals surface area (Å²) >= 11 is 0. The Kier molecular flexibility index (Phi) is 3.81. The van der Waals surface area contributed by atoms with Crippen LogP contribution in [0.4, 0.5) is 5.69 Å². The molecule has 2 aromatic rings. The molecule has 0 unspecified atom stereocenters. The molecule has 4 rings (SSSR count). The van der Waals surface area contributed by atoms with Gasteiger partial charge in [0.25, 0.3) is 5.91 Å². The second kappa shape index (κ2) is 5.98. The molecule has 2 aliphatic rings. The highest BCUT2D eigenvalue weighted by molar-refractivity contribution is 6.05. The van der Waals surface area contributed by atoms with Gasteiger partial charge >= 0.3 is 0 Å². The number of ether oxygens (including phenoxy) is 1. The Morgan fingerprint density at radius 3 is 2.96 bits per heavy atom. The molecule has 1 aromatic carbocycles. The quantitative estimate of drug-likeness (QED) is 0.912. The summed E-state index contributed by atoms with van der Waals surface area (Å²) < 4.78 is 7.84. The summed E-state index contributed by atoms with van der Waals surface area (Å²) in [4.78, 5) is 12.7. The number of amides is 1. The van der Waals surface area contributed by atoms with E-state index in [0.29, 0.717) is 12.5 Å². The molecule has 1 amide bonds.